The largest absolute Gasteiger partial charge is 0.493 e. The Labute approximate surface area is 202 Å². The number of esters is 2. The summed E-state index contributed by atoms with van der Waals surface area (Å²) in [6, 6.07) is 13.1. The van der Waals surface area contributed by atoms with Gasteiger partial charge in [0.25, 0.3) is 11.8 Å². The predicted molar refractivity (Wildman–Crippen MR) is 125 cm³/mol. The highest BCUT2D eigenvalue weighted by molar-refractivity contribution is 6.21. The van der Waals surface area contributed by atoms with Gasteiger partial charge in [0.1, 0.15) is 11.6 Å². The molecule has 2 aromatic rings. The van der Waals surface area contributed by atoms with E-state index in [-0.39, 0.29) is 35.3 Å². The van der Waals surface area contributed by atoms with Crippen LogP contribution in [0.5, 0.6) is 11.5 Å². The molecular formula is C26H24N2O7. The zero-order chi connectivity index (χ0) is 25.4. The van der Waals surface area contributed by atoms with Crippen LogP contribution in [-0.2, 0) is 14.3 Å². The number of fused-ring (bicyclic) bond motifs is 1. The van der Waals surface area contributed by atoms with Crippen LogP contribution in [-0.4, -0.2) is 49.4 Å². The van der Waals surface area contributed by atoms with Crippen LogP contribution in [0.3, 0.4) is 0 Å². The SMILES string of the molecule is COC(=O)/C(C#N)=C/c1ccc(OC(=O)CCCCCN2C(=O)c3ccccc3C2=O)c(OC)c1. The second-order valence-corrected chi connectivity index (χ2v) is 7.66. The average molecular weight is 476 g/mol. The van der Waals surface area contributed by atoms with Gasteiger partial charge in [0.05, 0.1) is 25.3 Å². The Morgan fingerprint density at radius 1 is 0.971 bits per heavy atom. The topological polar surface area (TPSA) is 123 Å². The number of carbonyl (C=O) groups is 4. The number of hydrogen-bond acceptors (Lipinski definition) is 8. The van der Waals surface area contributed by atoms with Crippen molar-refractivity contribution in [2.45, 2.75) is 25.7 Å². The smallest absolute Gasteiger partial charge is 0.348 e. The summed E-state index contributed by atoms with van der Waals surface area (Å²) in [5.74, 6) is -1.32. The molecule has 9 heteroatoms. The highest BCUT2D eigenvalue weighted by Crippen LogP contribution is 2.29. The molecule has 0 N–H and O–H groups in total. The molecule has 180 valence electrons. The number of benzene rings is 2. The third-order valence-corrected chi connectivity index (χ3v) is 5.39. The van der Waals surface area contributed by atoms with Crippen molar-refractivity contribution in [1.29, 1.82) is 5.26 Å². The van der Waals surface area contributed by atoms with Crippen LogP contribution >= 0.6 is 0 Å². The van der Waals surface area contributed by atoms with Crippen molar-refractivity contribution < 1.29 is 33.4 Å². The quantitative estimate of drug-likeness (QED) is 0.127. The summed E-state index contributed by atoms with van der Waals surface area (Å²) in [6.45, 7) is 0.292. The number of nitrogens with zero attached hydrogens (tertiary/aromatic N) is 2. The van der Waals surface area contributed by atoms with Crippen LogP contribution in [0.15, 0.2) is 48.0 Å². The Morgan fingerprint density at radius 3 is 2.26 bits per heavy atom. The van der Waals surface area contributed by atoms with E-state index >= 15 is 0 Å². The van der Waals surface area contributed by atoms with Gasteiger partial charge in [-0.2, -0.15) is 5.26 Å². The molecule has 1 aliphatic heterocycles. The first-order valence-electron chi connectivity index (χ1n) is 10.9. The Kier molecular flexibility index (Phi) is 8.35. The lowest BCUT2D eigenvalue weighted by atomic mass is 10.1. The van der Waals surface area contributed by atoms with Crippen molar-refractivity contribution in [3.8, 4) is 17.6 Å². The monoisotopic (exact) mass is 476 g/mol. The van der Waals surface area contributed by atoms with Gasteiger partial charge in [-0.3, -0.25) is 19.3 Å². The lowest BCUT2D eigenvalue weighted by Gasteiger charge is -2.13. The Balaban J connectivity index is 1.48. The van der Waals surface area contributed by atoms with E-state index < -0.39 is 11.9 Å². The maximum Gasteiger partial charge on any atom is 0.348 e. The zero-order valence-corrected chi connectivity index (χ0v) is 19.4. The molecule has 0 fully saturated rings. The Hall–Kier alpha value is -4.45. The standard InChI is InChI=1S/C26H24N2O7/c1-33-22-15-17(14-18(16-27)26(32)34-2)11-12-21(22)35-23(29)10-4-3-7-13-28-24(30)19-8-5-6-9-20(19)25(28)31/h5-6,8-9,11-12,14-15H,3-4,7,10,13H2,1-2H3/b18-14+. The van der Waals surface area contributed by atoms with Crippen LogP contribution in [0.2, 0.25) is 0 Å². The Morgan fingerprint density at radius 2 is 1.66 bits per heavy atom. The molecular weight excluding hydrogens is 452 g/mol. The summed E-state index contributed by atoms with van der Waals surface area (Å²) in [4.78, 5) is 49.8. The van der Waals surface area contributed by atoms with Gasteiger partial charge < -0.3 is 14.2 Å². The zero-order valence-electron chi connectivity index (χ0n) is 19.4. The predicted octanol–water partition coefficient (Wildman–Crippen LogP) is 3.54. The van der Waals surface area contributed by atoms with E-state index in [4.69, 9.17) is 14.7 Å². The van der Waals surface area contributed by atoms with Crippen molar-refractivity contribution in [2.75, 3.05) is 20.8 Å². The maximum atomic E-state index is 12.4. The maximum absolute atomic E-state index is 12.4. The molecule has 0 radical (unpaired) electrons. The molecule has 9 nitrogen and oxygen atoms in total. The molecule has 1 aliphatic rings. The van der Waals surface area contributed by atoms with Crippen molar-refractivity contribution in [1.82, 2.24) is 4.90 Å². The van der Waals surface area contributed by atoms with Crippen molar-refractivity contribution >= 4 is 29.8 Å². The van der Waals surface area contributed by atoms with Crippen LogP contribution in [0.1, 0.15) is 52.0 Å². The number of hydrogen-bond donors (Lipinski definition) is 0. The first-order valence-corrected chi connectivity index (χ1v) is 10.9. The highest BCUT2D eigenvalue weighted by atomic mass is 16.6. The molecule has 0 spiro atoms. The van der Waals surface area contributed by atoms with E-state index in [1.165, 1.54) is 37.3 Å². The fourth-order valence-corrected chi connectivity index (χ4v) is 3.60. The summed E-state index contributed by atoms with van der Waals surface area (Å²) >= 11 is 0. The lowest BCUT2D eigenvalue weighted by molar-refractivity contribution is -0.136. The third kappa shape index (κ3) is 5.92. The van der Waals surface area contributed by atoms with Crippen LogP contribution < -0.4 is 9.47 Å². The number of amides is 2. The minimum absolute atomic E-state index is 0.147. The molecule has 0 bridgehead atoms. The van der Waals surface area contributed by atoms with E-state index in [9.17, 15) is 19.2 Å². The number of carbonyl (C=O) groups excluding carboxylic acids is 4. The molecule has 0 atom stereocenters. The van der Waals surface area contributed by atoms with E-state index in [0.717, 1.165) is 0 Å². The molecule has 2 aromatic carbocycles. The second-order valence-electron chi connectivity index (χ2n) is 7.66. The van der Waals surface area contributed by atoms with Crippen molar-refractivity contribution in [3.05, 3.63) is 64.7 Å². The van der Waals surface area contributed by atoms with E-state index in [1.54, 1.807) is 36.4 Å². The van der Waals surface area contributed by atoms with Gasteiger partial charge in [0.15, 0.2) is 11.5 Å². The van der Waals surface area contributed by atoms with Gasteiger partial charge in [-0.15, -0.1) is 0 Å². The van der Waals surface area contributed by atoms with E-state index in [1.807, 2.05) is 0 Å². The summed E-state index contributed by atoms with van der Waals surface area (Å²) in [7, 11) is 2.59. The number of ether oxygens (including phenoxy) is 3. The number of rotatable bonds is 10. The summed E-state index contributed by atoms with van der Waals surface area (Å²) < 4.78 is 15.2. The van der Waals surface area contributed by atoms with Crippen LogP contribution in [0.25, 0.3) is 6.08 Å². The summed E-state index contributed by atoms with van der Waals surface area (Å²) in [5.41, 5.74) is 1.16. The molecule has 0 saturated heterocycles. The summed E-state index contributed by atoms with van der Waals surface area (Å²) in [6.07, 6.45) is 3.22. The molecule has 0 saturated carbocycles. The van der Waals surface area contributed by atoms with Gasteiger partial charge in [0, 0.05) is 13.0 Å². The fraction of sp³-hybridized carbons (Fsp3) is 0.269. The first-order chi connectivity index (χ1) is 16.9. The third-order valence-electron chi connectivity index (χ3n) is 5.39. The number of unbranched alkanes of at least 4 members (excludes halogenated alkanes) is 2. The average Bonchev–Trinajstić information content (AvgIpc) is 3.12. The van der Waals surface area contributed by atoms with Gasteiger partial charge in [-0.05, 0) is 48.7 Å². The van der Waals surface area contributed by atoms with E-state index in [0.29, 0.717) is 42.5 Å². The molecule has 1 heterocycles. The Bertz CT molecular complexity index is 1190. The molecule has 0 aromatic heterocycles. The number of imide groups is 1. The molecule has 3 rings (SSSR count). The van der Waals surface area contributed by atoms with Crippen molar-refractivity contribution in [3.63, 3.8) is 0 Å². The number of nitriles is 1. The minimum Gasteiger partial charge on any atom is -0.493 e. The first kappa shape index (κ1) is 25.2. The van der Waals surface area contributed by atoms with Crippen molar-refractivity contribution in [2.24, 2.45) is 0 Å². The van der Waals surface area contributed by atoms with Gasteiger partial charge in [0.2, 0.25) is 0 Å². The van der Waals surface area contributed by atoms with Gasteiger partial charge in [-0.1, -0.05) is 24.6 Å². The number of methoxy groups -OCH3 is 2. The normalized spacial score (nSPS) is 12.7. The molecule has 2 amide bonds. The van der Waals surface area contributed by atoms with E-state index in [2.05, 4.69) is 4.74 Å². The van der Waals surface area contributed by atoms with Crippen LogP contribution in [0.4, 0.5) is 0 Å². The second kappa shape index (κ2) is 11.6. The van der Waals surface area contributed by atoms with Gasteiger partial charge in [-0.25, -0.2) is 4.79 Å². The summed E-state index contributed by atoms with van der Waals surface area (Å²) in [5, 5.41) is 9.08. The van der Waals surface area contributed by atoms with Gasteiger partial charge >= 0.3 is 11.9 Å². The van der Waals surface area contributed by atoms with Crippen LogP contribution in [0, 0.1) is 11.3 Å². The fourth-order valence-electron chi connectivity index (χ4n) is 3.60. The molecule has 0 unspecified atom stereocenters. The molecule has 0 aliphatic carbocycles. The highest BCUT2D eigenvalue weighted by Gasteiger charge is 2.34. The lowest BCUT2D eigenvalue weighted by Crippen LogP contribution is -2.30. The molecule has 35 heavy (non-hydrogen) atoms. The minimum atomic E-state index is -0.759.